The van der Waals surface area contributed by atoms with Crippen molar-refractivity contribution in [2.75, 3.05) is 5.32 Å². The molecule has 0 unspecified atom stereocenters. The van der Waals surface area contributed by atoms with Gasteiger partial charge in [-0.2, -0.15) is 0 Å². The van der Waals surface area contributed by atoms with Gasteiger partial charge in [-0.25, -0.2) is 0 Å². The predicted molar refractivity (Wildman–Crippen MR) is 84.1 cm³/mol. The van der Waals surface area contributed by atoms with Crippen LogP contribution in [0.3, 0.4) is 0 Å². The maximum atomic E-state index is 12.2. The Balaban J connectivity index is 1.83. The molecule has 0 bridgehead atoms. The molecule has 0 aliphatic rings. The van der Waals surface area contributed by atoms with E-state index in [1.165, 1.54) is 18.3 Å². The van der Waals surface area contributed by atoms with Crippen LogP contribution in [-0.4, -0.2) is 11.7 Å². The van der Waals surface area contributed by atoms with E-state index in [0.29, 0.717) is 16.1 Å². The lowest BCUT2D eigenvalue weighted by molar-refractivity contribution is 0.101. The molecule has 20 heavy (non-hydrogen) atoms. The number of fused-ring (bicyclic) bond motifs is 1. The molecule has 0 atom stereocenters. The second kappa shape index (κ2) is 5.19. The Morgan fingerprint density at radius 2 is 1.95 bits per heavy atom. The molecule has 3 nitrogen and oxygen atoms in total. The number of carbonyl (C=O) groups is 2. The number of anilines is 1. The summed E-state index contributed by atoms with van der Waals surface area (Å²) < 4.78 is 2.25. The Labute approximate surface area is 123 Å². The molecule has 3 rings (SSSR count). The lowest BCUT2D eigenvalue weighted by atomic mass is 10.1. The highest BCUT2D eigenvalue weighted by atomic mass is 32.1. The van der Waals surface area contributed by atoms with Crippen molar-refractivity contribution in [3.63, 3.8) is 0 Å². The minimum Gasteiger partial charge on any atom is -0.321 e. The van der Waals surface area contributed by atoms with Crippen LogP contribution in [0.1, 0.15) is 27.0 Å². The van der Waals surface area contributed by atoms with Gasteiger partial charge in [-0.3, -0.25) is 9.59 Å². The van der Waals surface area contributed by atoms with Gasteiger partial charge in [0.15, 0.2) is 5.78 Å². The first-order valence-electron chi connectivity index (χ1n) is 6.03. The van der Waals surface area contributed by atoms with Crippen molar-refractivity contribution < 1.29 is 9.59 Å². The fourth-order valence-electron chi connectivity index (χ4n) is 1.89. The standard InChI is InChI=1S/C15H11NO2S2/c1-9(17)10-3-2-4-11(7-10)16-15(18)14-8-13-12(20-14)5-6-19-13/h2-8H,1H3,(H,16,18). The molecule has 100 valence electrons. The molecular weight excluding hydrogens is 290 g/mol. The summed E-state index contributed by atoms with van der Waals surface area (Å²) in [5.74, 6) is -0.156. The SMILES string of the molecule is CC(=O)c1cccc(NC(=O)c2cc3sccc3s2)c1. The van der Waals surface area contributed by atoms with Crippen LogP contribution in [0.15, 0.2) is 41.8 Å². The maximum Gasteiger partial charge on any atom is 0.265 e. The summed E-state index contributed by atoms with van der Waals surface area (Å²) in [5, 5.41) is 4.84. The molecule has 1 aromatic carbocycles. The number of hydrogen-bond donors (Lipinski definition) is 1. The van der Waals surface area contributed by atoms with Gasteiger partial charge >= 0.3 is 0 Å². The van der Waals surface area contributed by atoms with E-state index in [9.17, 15) is 9.59 Å². The molecule has 2 aromatic heterocycles. The number of rotatable bonds is 3. The van der Waals surface area contributed by atoms with Crippen LogP contribution in [0, 0.1) is 0 Å². The molecular formula is C15H11NO2S2. The number of carbonyl (C=O) groups excluding carboxylic acids is 2. The highest BCUT2D eigenvalue weighted by Gasteiger charge is 2.11. The molecule has 0 radical (unpaired) electrons. The van der Waals surface area contributed by atoms with Gasteiger partial charge < -0.3 is 5.32 Å². The number of benzene rings is 1. The number of amides is 1. The number of thiophene rings is 2. The van der Waals surface area contributed by atoms with Crippen molar-refractivity contribution in [2.45, 2.75) is 6.92 Å². The van der Waals surface area contributed by atoms with E-state index >= 15 is 0 Å². The van der Waals surface area contributed by atoms with Crippen molar-refractivity contribution >= 4 is 49.5 Å². The molecule has 0 spiro atoms. The molecule has 0 aliphatic carbocycles. The van der Waals surface area contributed by atoms with Crippen LogP contribution in [-0.2, 0) is 0 Å². The van der Waals surface area contributed by atoms with E-state index < -0.39 is 0 Å². The van der Waals surface area contributed by atoms with E-state index in [0.717, 1.165) is 9.40 Å². The first-order chi connectivity index (χ1) is 9.63. The van der Waals surface area contributed by atoms with E-state index in [-0.39, 0.29) is 11.7 Å². The Bertz CT molecular complexity index is 772. The fourth-order valence-corrected chi connectivity index (χ4v) is 3.89. The summed E-state index contributed by atoms with van der Waals surface area (Å²) in [6, 6.07) is 10.9. The zero-order chi connectivity index (χ0) is 14.1. The van der Waals surface area contributed by atoms with Gasteiger partial charge in [0.1, 0.15) is 0 Å². The van der Waals surface area contributed by atoms with Crippen molar-refractivity contribution in [3.8, 4) is 0 Å². The van der Waals surface area contributed by atoms with Crippen LogP contribution in [0.5, 0.6) is 0 Å². The number of hydrogen-bond acceptors (Lipinski definition) is 4. The van der Waals surface area contributed by atoms with E-state index in [4.69, 9.17) is 0 Å². The minimum atomic E-state index is -0.140. The Kier molecular flexibility index (Phi) is 3.38. The van der Waals surface area contributed by atoms with Crippen LogP contribution in [0.25, 0.3) is 9.40 Å². The quantitative estimate of drug-likeness (QED) is 0.728. The van der Waals surface area contributed by atoms with Crippen LogP contribution in [0.4, 0.5) is 5.69 Å². The van der Waals surface area contributed by atoms with Gasteiger partial charge in [0.05, 0.1) is 4.88 Å². The largest absolute Gasteiger partial charge is 0.321 e. The number of ketones is 1. The highest BCUT2D eigenvalue weighted by molar-refractivity contribution is 7.27. The average Bonchev–Trinajstić information content (AvgIpc) is 2.99. The lowest BCUT2D eigenvalue weighted by Crippen LogP contribution is -2.10. The topological polar surface area (TPSA) is 46.2 Å². The summed E-state index contributed by atoms with van der Waals surface area (Å²) >= 11 is 3.10. The number of nitrogens with one attached hydrogen (secondary N) is 1. The molecule has 1 N–H and O–H groups in total. The monoisotopic (exact) mass is 301 g/mol. The Morgan fingerprint density at radius 1 is 1.10 bits per heavy atom. The summed E-state index contributed by atoms with van der Waals surface area (Å²) in [6.07, 6.45) is 0. The van der Waals surface area contributed by atoms with Gasteiger partial charge in [-0.15, -0.1) is 22.7 Å². The Hall–Kier alpha value is -1.98. The second-order valence-electron chi connectivity index (χ2n) is 4.35. The summed E-state index contributed by atoms with van der Waals surface area (Å²) in [7, 11) is 0. The number of Topliss-reactive ketones (excluding diaryl/α,β-unsaturated/α-hetero) is 1. The summed E-state index contributed by atoms with van der Waals surface area (Å²) in [4.78, 5) is 24.2. The second-order valence-corrected chi connectivity index (χ2v) is 6.38. The van der Waals surface area contributed by atoms with Gasteiger partial charge in [-0.05, 0) is 36.6 Å². The minimum absolute atomic E-state index is 0.0160. The molecule has 0 aliphatic heterocycles. The molecule has 2 heterocycles. The third-order valence-corrected chi connectivity index (χ3v) is 4.98. The zero-order valence-electron chi connectivity index (χ0n) is 10.7. The molecule has 0 saturated heterocycles. The van der Waals surface area contributed by atoms with Crippen LogP contribution < -0.4 is 5.32 Å². The summed E-state index contributed by atoms with van der Waals surface area (Å²) in [5.41, 5.74) is 1.23. The van der Waals surface area contributed by atoms with Gasteiger partial charge in [0.25, 0.3) is 5.91 Å². The molecule has 1 amide bonds. The van der Waals surface area contributed by atoms with Crippen LogP contribution in [0.2, 0.25) is 0 Å². The molecule has 5 heteroatoms. The van der Waals surface area contributed by atoms with Crippen molar-refractivity contribution in [1.82, 2.24) is 0 Å². The Morgan fingerprint density at radius 3 is 2.70 bits per heavy atom. The smallest absolute Gasteiger partial charge is 0.265 e. The first kappa shape index (κ1) is 13.0. The van der Waals surface area contributed by atoms with Gasteiger partial charge in [-0.1, -0.05) is 12.1 Å². The highest BCUT2D eigenvalue weighted by Crippen LogP contribution is 2.30. The summed E-state index contributed by atoms with van der Waals surface area (Å²) in [6.45, 7) is 1.51. The predicted octanol–water partition coefficient (Wildman–Crippen LogP) is 4.42. The fraction of sp³-hybridized carbons (Fsp3) is 0.0667. The third-order valence-electron chi connectivity index (χ3n) is 2.89. The van der Waals surface area contributed by atoms with Crippen molar-refractivity contribution in [1.29, 1.82) is 0 Å². The van der Waals surface area contributed by atoms with E-state index in [1.54, 1.807) is 35.6 Å². The molecule has 3 aromatic rings. The van der Waals surface area contributed by atoms with Crippen molar-refractivity contribution in [3.05, 3.63) is 52.2 Å². The average molecular weight is 301 g/mol. The maximum absolute atomic E-state index is 12.2. The van der Waals surface area contributed by atoms with E-state index in [2.05, 4.69) is 5.32 Å². The van der Waals surface area contributed by atoms with Crippen LogP contribution >= 0.6 is 22.7 Å². The molecule has 0 saturated carbocycles. The zero-order valence-corrected chi connectivity index (χ0v) is 12.3. The van der Waals surface area contributed by atoms with Gasteiger partial charge in [0, 0.05) is 20.7 Å². The molecule has 0 fully saturated rings. The van der Waals surface area contributed by atoms with Crippen molar-refractivity contribution in [2.24, 2.45) is 0 Å². The third kappa shape index (κ3) is 2.50. The van der Waals surface area contributed by atoms with Gasteiger partial charge in [0.2, 0.25) is 0 Å². The lowest BCUT2D eigenvalue weighted by Gasteiger charge is -2.04. The normalized spacial score (nSPS) is 10.7. The van der Waals surface area contributed by atoms with E-state index in [1.807, 2.05) is 17.5 Å². The first-order valence-corrected chi connectivity index (χ1v) is 7.72.